The van der Waals surface area contributed by atoms with Gasteiger partial charge >= 0.3 is 5.97 Å². The van der Waals surface area contributed by atoms with Crippen LogP contribution in [0.4, 0.5) is 0 Å². The second-order valence-electron chi connectivity index (χ2n) is 2.70. The highest BCUT2D eigenvalue weighted by molar-refractivity contribution is 7.13. The number of hydrogen-bond donors (Lipinski definition) is 1. The summed E-state index contributed by atoms with van der Waals surface area (Å²) in [5, 5.41) is 9.88. The molecule has 0 aliphatic rings. The molecule has 0 bridgehead atoms. The van der Waals surface area contributed by atoms with Gasteiger partial charge in [0, 0.05) is 5.39 Å². The first-order valence-corrected chi connectivity index (χ1v) is 4.66. The molecule has 0 amide bonds. The molecule has 2 aromatic rings. The molecule has 4 nitrogen and oxygen atoms in total. The van der Waals surface area contributed by atoms with Crippen LogP contribution in [0, 0.1) is 0 Å². The summed E-state index contributed by atoms with van der Waals surface area (Å²) in [7, 11) is 1.30. The number of rotatable bonds is 1. The maximum atomic E-state index is 11.2. The van der Waals surface area contributed by atoms with Crippen molar-refractivity contribution in [2.24, 2.45) is 0 Å². The van der Waals surface area contributed by atoms with Gasteiger partial charge in [0.05, 0.1) is 11.8 Å². The zero-order valence-corrected chi connectivity index (χ0v) is 8.17. The van der Waals surface area contributed by atoms with E-state index in [4.69, 9.17) is 0 Å². The highest BCUT2D eigenvalue weighted by Crippen LogP contribution is 2.26. The van der Waals surface area contributed by atoms with Crippen molar-refractivity contribution >= 4 is 27.6 Å². The lowest BCUT2D eigenvalue weighted by Gasteiger charge is -1.95. The van der Waals surface area contributed by atoms with E-state index in [2.05, 4.69) is 9.11 Å². The highest BCUT2D eigenvalue weighted by Gasteiger charge is 2.14. The van der Waals surface area contributed by atoms with E-state index in [1.165, 1.54) is 24.7 Å². The molecule has 1 heterocycles. The van der Waals surface area contributed by atoms with Crippen molar-refractivity contribution < 1.29 is 14.6 Å². The average Bonchev–Trinajstić information content (AvgIpc) is 2.59. The topological polar surface area (TPSA) is 59.4 Å². The zero-order chi connectivity index (χ0) is 10.1. The quantitative estimate of drug-likeness (QED) is 0.727. The van der Waals surface area contributed by atoms with Crippen molar-refractivity contribution in [2.75, 3.05) is 7.11 Å². The third kappa shape index (κ3) is 1.31. The van der Waals surface area contributed by atoms with Gasteiger partial charge in [-0.1, -0.05) is 0 Å². The van der Waals surface area contributed by atoms with Crippen molar-refractivity contribution in [1.29, 1.82) is 0 Å². The highest BCUT2D eigenvalue weighted by atomic mass is 32.1. The summed E-state index contributed by atoms with van der Waals surface area (Å²) in [4.78, 5) is 11.2. The predicted octanol–water partition coefficient (Wildman–Crippen LogP) is 1.79. The normalized spacial score (nSPS) is 10.4. The molecular formula is C9H7NO3S. The van der Waals surface area contributed by atoms with Gasteiger partial charge in [-0.15, -0.1) is 0 Å². The first-order valence-electron chi connectivity index (χ1n) is 3.89. The molecule has 0 saturated heterocycles. The second kappa shape index (κ2) is 3.26. The first kappa shape index (κ1) is 8.96. The summed E-state index contributed by atoms with van der Waals surface area (Å²) in [6, 6.07) is 4.78. The number of ether oxygens (including phenoxy) is 1. The Morgan fingerprint density at radius 3 is 3.07 bits per heavy atom. The van der Waals surface area contributed by atoms with Gasteiger partial charge in [0.1, 0.15) is 5.75 Å². The maximum Gasteiger partial charge on any atom is 0.358 e. The SMILES string of the molecule is COC(=O)c1nsc2ccc(O)cc12. The Kier molecular flexibility index (Phi) is 2.09. The Labute approximate surface area is 83.9 Å². The number of carbonyl (C=O) groups excluding carboxylic acids is 1. The van der Waals surface area contributed by atoms with Gasteiger partial charge in [0.2, 0.25) is 0 Å². The fourth-order valence-electron chi connectivity index (χ4n) is 1.17. The summed E-state index contributed by atoms with van der Waals surface area (Å²) in [5.74, 6) is -0.371. The average molecular weight is 209 g/mol. The summed E-state index contributed by atoms with van der Waals surface area (Å²) >= 11 is 1.20. The molecule has 1 aromatic carbocycles. The molecule has 0 spiro atoms. The molecule has 0 saturated carbocycles. The third-order valence-corrected chi connectivity index (χ3v) is 2.66. The van der Waals surface area contributed by atoms with Gasteiger partial charge in [0.15, 0.2) is 5.69 Å². The molecule has 0 atom stereocenters. The lowest BCUT2D eigenvalue weighted by atomic mass is 10.2. The van der Waals surface area contributed by atoms with Gasteiger partial charge < -0.3 is 9.84 Å². The monoisotopic (exact) mass is 209 g/mol. The number of benzene rings is 1. The minimum Gasteiger partial charge on any atom is -0.508 e. The fraction of sp³-hybridized carbons (Fsp3) is 0.111. The molecule has 5 heteroatoms. The minimum absolute atomic E-state index is 0.114. The lowest BCUT2D eigenvalue weighted by molar-refractivity contribution is 0.0598. The largest absolute Gasteiger partial charge is 0.508 e. The summed E-state index contributed by atoms with van der Waals surface area (Å²) in [6.07, 6.45) is 0. The molecule has 2 rings (SSSR count). The minimum atomic E-state index is -0.484. The first-order chi connectivity index (χ1) is 6.72. The van der Waals surface area contributed by atoms with Crippen molar-refractivity contribution in [3.8, 4) is 5.75 Å². The van der Waals surface area contributed by atoms with Crippen molar-refractivity contribution in [1.82, 2.24) is 4.37 Å². The molecule has 14 heavy (non-hydrogen) atoms. The smallest absolute Gasteiger partial charge is 0.358 e. The molecule has 0 fully saturated rings. The van der Waals surface area contributed by atoms with Gasteiger partial charge in [-0.05, 0) is 29.7 Å². The van der Waals surface area contributed by atoms with Crippen LogP contribution < -0.4 is 0 Å². The van der Waals surface area contributed by atoms with Crippen molar-refractivity contribution in [3.63, 3.8) is 0 Å². The zero-order valence-electron chi connectivity index (χ0n) is 7.35. The third-order valence-electron chi connectivity index (χ3n) is 1.83. The van der Waals surface area contributed by atoms with E-state index in [1.54, 1.807) is 12.1 Å². The number of phenols is 1. The number of methoxy groups -OCH3 is 1. The Hall–Kier alpha value is -1.62. The Balaban J connectivity index is 2.67. The molecule has 1 N–H and O–H groups in total. The Bertz CT molecular complexity index is 492. The van der Waals surface area contributed by atoms with E-state index >= 15 is 0 Å². The maximum absolute atomic E-state index is 11.2. The van der Waals surface area contributed by atoms with Crippen molar-refractivity contribution in [2.45, 2.75) is 0 Å². The molecule has 0 aliphatic heterocycles. The van der Waals surface area contributed by atoms with E-state index in [9.17, 15) is 9.90 Å². The van der Waals surface area contributed by atoms with Gasteiger partial charge in [0.25, 0.3) is 0 Å². The standard InChI is InChI=1S/C9H7NO3S/c1-13-9(12)8-6-4-5(11)2-3-7(6)14-10-8/h2-4,11H,1H3. The Morgan fingerprint density at radius 2 is 2.36 bits per heavy atom. The van der Waals surface area contributed by atoms with Gasteiger partial charge in [-0.25, -0.2) is 4.79 Å². The van der Waals surface area contributed by atoms with Crippen LogP contribution in [0.1, 0.15) is 10.5 Å². The van der Waals surface area contributed by atoms with Crippen LogP contribution in [0.2, 0.25) is 0 Å². The summed E-state index contributed by atoms with van der Waals surface area (Å²) < 4.78 is 9.38. The number of aromatic hydroxyl groups is 1. The van der Waals surface area contributed by atoms with E-state index in [0.717, 1.165) is 4.70 Å². The second-order valence-corrected chi connectivity index (χ2v) is 3.51. The van der Waals surface area contributed by atoms with E-state index in [1.807, 2.05) is 0 Å². The van der Waals surface area contributed by atoms with Crippen LogP contribution in [0.15, 0.2) is 18.2 Å². The van der Waals surface area contributed by atoms with Crippen LogP contribution in [0.5, 0.6) is 5.75 Å². The number of phenolic OH excluding ortho intramolecular Hbond substituents is 1. The van der Waals surface area contributed by atoms with Gasteiger partial charge in [-0.2, -0.15) is 4.37 Å². The van der Waals surface area contributed by atoms with Crippen LogP contribution in [0.3, 0.4) is 0 Å². The predicted molar refractivity (Wildman–Crippen MR) is 52.6 cm³/mol. The molecule has 0 radical (unpaired) electrons. The number of carbonyl (C=O) groups is 1. The van der Waals surface area contributed by atoms with Crippen LogP contribution >= 0.6 is 11.5 Å². The van der Waals surface area contributed by atoms with Crippen LogP contribution in [0.25, 0.3) is 10.1 Å². The molecular weight excluding hydrogens is 202 g/mol. The Morgan fingerprint density at radius 1 is 1.57 bits per heavy atom. The van der Waals surface area contributed by atoms with Gasteiger partial charge in [-0.3, -0.25) is 0 Å². The van der Waals surface area contributed by atoms with Crippen LogP contribution in [-0.2, 0) is 4.74 Å². The van der Waals surface area contributed by atoms with E-state index < -0.39 is 5.97 Å². The number of fused-ring (bicyclic) bond motifs is 1. The lowest BCUT2D eigenvalue weighted by Crippen LogP contribution is -2.01. The molecule has 72 valence electrons. The van der Waals surface area contributed by atoms with E-state index in [0.29, 0.717) is 5.39 Å². The fourth-order valence-corrected chi connectivity index (χ4v) is 1.92. The summed E-state index contributed by atoms with van der Waals surface area (Å²) in [6.45, 7) is 0. The molecule has 1 aromatic heterocycles. The van der Waals surface area contributed by atoms with E-state index in [-0.39, 0.29) is 11.4 Å². The van der Waals surface area contributed by atoms with Crippen LogP contribution in [-0.4, -0.2) is 22.6 Å². The van der Waals surface area contributed by atoms with Crippen molar-refractivity contribution in [3.05, 3.63) is 23.9 Å². The molecule has 0 aliphatic carbocycles. The number of aromatic nitrogens is 1. The summed E-state index contributed by atoms with van der Waals surface area (Å²) in [5.41, 5.74) is 0.253. The number of esters is 1. The molecule has 0 unspecified atom stereocenters. The number of nitrogens with zero attached hydrogens (tertiary/aromatic N) is 1. The number of hydrogen-bond acceptors (Lipinski definition) is 5.